The third kappa shape index (κ3) is 3.16. The van der Waals surface area contributed by atoms with Crippen LogP contribution in [0.5, 0.6) is 0 Å². The van der Waals surface area contributed by atoms with E-state index in [1.165, 1.54) is 4.31 Å². The molecule has 1 fully saturated rings. The van der Waals surface area contributed by atoms with E-state index in [1.807, 2.05) is 6.92 Å². The second-order valence-corrected chi connectivity index (χ2v) is 6.72. The maximum atomic E-state index is 13.6. The Morgan fingerprint density at radius 3 is 2.55 bits per heavy atom. The quantitative estimate of drug-likeness (QED) is 0.921. The highest BCUT2D eigenvalue weighted by Crippen LogP contribution is 2.23. The molecule has 1 aliphatic heterocycles. The normalized spacial score (nSPS) is 18.4. The van der Waals surface area contributed by atoms with Gasteiger partial charge in [-0.1, -0.05) is 6.92 Å². The van der Waals surface area contributed by atoms with Crippen molar-refractivity contribution >= 4 is 10.0 Å². The smallest absolute Gasteiger partial charge is 0.246 e. The molecular weight excluding hydrogens is 286 g/mol. The van der Waals surface area contributed by atoms with Crippen molar-refractivity contribution in [3.05, 3.63) is 29.8 Å². The molecular formula is C13H18F2N2O2S. The number of halogens is 2. The fraction of sp³-hybridized carbons (Fsp3) is 0.538. The Balaban J connectivity index is 2.18. The number of rotatable bonds is 4. The first-order valence-corrected chi connectivity index (χ1v) is 8.07. The minimum absolute atomic E-state index is 0.281. The zero-order valence-electron chi connectivity index (χ0n) is 11.3. The van der Waals surface area contributed by atoms with E-state index in [1.54, 1.807) is 0 Å². The standard InChI is InChI=1S/C13H18F2N2O2S/c1-2-16-11-5-7-17(8-6-11)20(18,19)13-9-10(14)3-4-12(13)15/h3-4,9,11,16H,2,5-8H2,1H3. The van der Waals surface area contributed by atoms with Crippen LogP contribution < -0.4 is 5.32 Å². The maximum absolute atomic E-state index is 13.6. The molecule has 7 heteroatoms. The number of sulfonamides is 1. The molecule has 0 atom stereocenters. The summed E-state index contributed by atoms with van der Waals surface area (Å²) in [6.45, 7) is 3.45. The van der Waals surface area contributed by atoms with E-state index < -0.39 is 26.6 Å². The summed E-state index contributed by atoms with van der Waals surface area (Å²) < 4.78 is 52.6. The molecule has 0 aliphatic carbocycles. The van der Waals surface area contributed by atoms with Gasteiger partial charge in [0.25, 0.3) is 0 Å². The molecule has 4 nitrogen and oxygen atoms in total. The number of hydrogen-bond acceptors (Lipinski definition) is 3. The molecule has 0 radical (unpaired) electrons. The molecule has 0 bridgehead atoms. The van der Waals surface area contributed by atoms with Gasteiger partial charge in [0.2, 0.25) is 10.0 Å². The molecule has 1 heterocycles. The molecule has 1 N–H and O–H groups in total. The topological polar surface area (TPSA) is 49.4 Å². The molecule has 0 saturated carbocycles. The van der Waals surface area contributed by atoms with E-state index >= 15 is 0 Å². The van der Waals surface area contributed by atoms with Crippen LogP contribution >= 0.6 is 0 Å². The first-order chi connectivity index (χ1) is 9.45. The third-order valence-electron chi connectivity index (χ3n) is 3.46. The predicted molar refractivity (Wildman–Crippen MR) is 71.8 cm³/mol. The lowest BCUT2D eigenvalue weighted by Crippen LogP contribution is -2.44. The van der Waals surface area contributed by atoms with Crippen LogP contribution in [0.1, 0.15) is 19.8 Å². The summed E-state index contributed by atoms with van der Waals surface area (Å²) in [7, 11) is -3.96. The molecule has 1 saturated heterocycles. The molecule has 1 aromatic carbocycles. The van der Waals surface area contributed by atoms with Gasteiger partial charge in [0.05, 0.1) is 0 Å². The second-order valence-electron chi connectivity index (χ2n) is 4.81. The van der Waals surface area contributed by atoms with Gasteiger partial charge in [0.1, 0.15) is 16.5 Å². The lowest BCUT2D eigenvalue weighted by atomic mass is 10.1. The maximum Gasteiger partial charge on any atom is 0.246 e. The zero-order chi connectivity index (χ0) is 14.8. The summed E-state index contributed by atoms with van der Waals surface area (Å²) in [6, 6.07) is 2.77. The SMILES string of the molecule is CCNC1CCN(S(=O)(=O)c2cc(F)ccc2F)CC1. The van der Waals surface area contributed by atoms with Crippen LogP contribution in [0.3, 0.4) is 0 Å². The number of hydrogen-bond donors (Lipinski definition) is 1. The van der Waals surface area contributed by atoms with Gasteiger partial charge in [-0.3, -0.25) is 0 Å². The van der Waals surface area contributed by atoms with Crippen LogP contribution in [-0.2, 0) is 10.0 Å². The van der Waals surface area contributed by atoms with Gasteiger partial charge >= 0.3 is 0 Å². The number of nitrogens with one attached hydrogen (secondary N) is 1. The average Bonchev–Trinajstić information content (AvgIpc) is 2.42. The number of benzene rings is 1. The summed E-state index contributed by atoms with van der Waals surface area (Å²) in [5.74, 6) is -1.67. The first-order valence-electron chi connectivity index (χ1n) is 6.63. The molecule has 0 amide bonds. The molecule has 1 aromatic rings. The monoisotopic (exact) mass is 304 g/mol. The lowest BCUT2D eigenvalue weighted by Gasteiger charge is -2.31. The lowest BCUT2D eigenvalue weighted by molar-refractivity contribution is 0.291. The van der Waals surface area contributed by atoms with Crippen molar-refractivity contribution in [1.82, 2.24) is 9.62 Å². The minimum atomic E-state index is -3.96. The van der Waals surface area contributed by atoms with Crippen LogP contribution in [0.4, 0.5) is 8.78 Å². The van der Waals surface area contributed by atoms with Crippen LogP contribution in [0, 0.1) is 11.6 Å². The van der Waals surface area contributed by atoms with Crippen molar-refractivity contribution in [1.29, 1.82) is 0 Å². The van der Waals surface area contributed by atoms with Gasteiger partial charge in [0, 0.05) is 19.1 Å². The van der Waals surface area contributed by atoms with E-state index in [2.05, 4.69) is 5.32 Å². The Morgan fingerprint density at radius 2 is 1.95 bits per heavy atom. The summed E-state index contributed by atoms with van der Waals surface area (Å²) in [5.41, 5.74) is 0. The average molecular weight is 304 g/mol. The van der Waals surface area contributed by atoms with Crippen molar-refractivity contribution in [3.8, 4) is 0 Å². The summed E-state index contributed by atoms with van der Waals surface area (Å²) in [6.07, 6.45) is 1.34. The fourth-order valence-corrected chi connectivity index (χ4v) is 3.95. The van der Waals surface area contributed by atoms with Crippen molar-refractivity contribution < 1.29 is 17.2 Å². The zero-order valence-corrected chi connectivity index (χ0v) is 12.1. The minimum Gasteiger partial charge on any atom is -0.314 e. The fourth-order valence-electron chi connectivity index (χ4n) is 2.40. The van der Waals surface area contributed by atoms with E-state index in [0.717, 1.165) is 24.7 Å². The van der Waals surface area contributed by atoms with Gasteiger partial charge in [0.15, 0.2) is 0 Å². The van der Waals surface area contributed by atoms with E-state index in [-0.39, 0.29) is 6.04 Å². The first kappa shape index (κ1) is 15.3. The molecule has 112 valence electrons. The van der Waals surface area contributed by atoms with Crippen LogP contribution in [-0.4, -0.2) is 38.4 Å². The van der Waals surface area contributed by atoms with E-state index in [9.17, 15) is 17.2 Å². The van der Waals surface area contributed by atoms with Crippen LogP contribution in [0.2, 0.25) is 0 Å². The highest BCUT2D eigenvalue weighted by molar-refractivity contribution is 7.89. The Labute approximate surface area is 117 Å². The third-order valence-corrected chi connectivity index (χ3v) is 5.37. The highest BCUT2D eigenvalue weighted by Gasteiger charge is 2.31. The summed E-state index contributed by atoms with van der Waals surface area (Å²) in [5, 5.41) is 3.26. The molecule has 0 unspecified atom stereocenters. The molecule has 2 rings (SSSR count). The Hall–Kier alpha value is -1.05. The van der Waals surface area contributed by atoms with Gasteiger partial charge < -0.3 is 5.32 Å². The van der Waals surface area contributed by atoms with Crippen LogP contribution in [0.25, 0.3) is 0 Å². The summed E-state index contributed by atoms with van der Waals surface area (Å²) >= 11 is 0. The van der Waals surface area contributed by atoms with Gasteiger partial charge in [-0.05, 0) is 37.6 Å². The van der Waals surface area contributed by atoms with Crippen LogP contribution in [0.15, 0.2) is 23.1 Å². The van der Waals surface area contributed by atoms with Gasteiger partial charge in [-0.15, -0.1) is 0 Å². The molecule has 20 heavy (non-hydrogen) atoms. The van der Waals surface area contributed by atoms with Crippen molar-refractivity contribution in [2.75, 3.05) is 19.6 Å². The second kappa shape index (κ2) is 6.15. The number of nitrogens with zero attached hydrogens (tertiary/aromatic N) is 1. The van der Waals surface area contributed by atoms with Crippen molar-refractivity contribution in [3.63, 3.8) is 0 Å². The molecule has 1 aliphatic rings. The van der Waals surface area contributed by atoms with Gasteiger partial charge in [-0.2, -0.15) is 4.31 Å². The van der Waals surface area contributed by atoms with E-state index in [4.69, 9.17) is 0 Å². The highest BCUT2D eigenvalue weighted by atomic mass is 32.2. The number of piperidine rings is 1. The van der Waals surface area contributed by atoms with Crippen molar-refractivity contribution in [2.24, 2.45) is 0 Å². The molecule has 0 aromatic heterocycles. The van der Waals surface area contributed by atoms with Crippen molar-refractivity contribution in [2.45, 2.75) is 30.7 Å². The van der Waals surface area contributed by atoms with E-state index in [0.29, 0.717) is 25.9 Å². The Bertz CT molecular complexity index is 570. The largest absolute Gasteiger partial charge is 0.314 e. The van der Waals surface area contributed by atoms with Gasteiger partial charge in [-0.25, -0.2) is 17.2 Å². The predicted octanol–water partition coefficient (Wildman–Crippen LogP) is 1.73. The molecule has 0 spiro atoms. The Kier molecular flexibility index (Phi) is 4.72. The summed E-state index contributed by atoms with van der Waals surface area (Å²) in [4.78, 5) is -0.584. The Morgan fingerprint density at radius 1 is 1.30 bits per heavy atom.